The Morgan fingerprint density at radius 2 is 2.15 bits per heavy atom. The van der Waals surface area contributed by atoms with E-state index in [0.717, 1.165) is 19.3 Å². The third kappa shape index (κ3) is 3.32. The molecule has 0 aromatic carbocycles. The molecule has 0 spiro atoms. The highest BCUT2D eigenvalue weighted by atomic mass is 32.2. The predicted molar refractivity (Wildman–Crippen MR) is 75.6 cm³/mol. The van der Waals surface area contributed by atoms with Gasteiger partial charge in [0.05, 0.1) is 5.75 Å². The van der Waals surface area contributed by atoms with Crippen molar-refractivity contribution < 1.29 is 15.0 Å². The molecule has 1 aromatic rings. The number of aliphatic hydroxyl groups is 1. The van der Waals surface area contributed by atoms with Crippen LogP contribution < -0.4 is 0 Å². The maximum absolute atomic E-state index is 10.7. The van der Waals surface area contributed by atoms with Gasteiger partial charge in [0.2, 0.25) is 0 Å². The van der Waals surface area contributed by atoms with Gasteiger partial charge in [0.1, 0.15) is 6.61 Å². The summed E-state index contributed by atoms with van der Waals surface area (Å²) in [4.78, 5) is 10.7. The number of carboxylic acids is 1. The molecule has 0 saturated heterocycles. The summed E-state index contributed by atoms with van der Waals surface area (Å²) >= 11 is 1.18. The standard InChI is InChI=1S/C13H21N3O3S/c1-2-9-5-3-4-6-10(9)16-11(7-17)14-15-13(16)20-8-12(18)19/h9-10,17H,2-8H2,1H3,(H,18,19). The van der Waals surface area contributed by atoms with Crippen LogP contribution in [0.15, 0.2) is 5.16 Å². The number of aliphatic carboxylic acids is 1. The fraction of sp³-hybridized carbons (Fsp3) is 0.769. The molecule has 2 N–H and O–H groups in total. The fourth-order valence-electron chi connectivity index (χ4n) is 2.98. The summed E-state index contributed by atoms with van der Waals surface area (Å²) in [6, 6.07) is 0.280. The van der Waals surface area contributed by atoms with Gasteiger partial charge in [-0.25, -0.2) is 0 Å². The number of nitrogens with zero attached hydrogens (tertiary/aromatic N) is 3. The van der Waals surface area contributed by atoms with Crippen molar-refractivity contribution in [3.8, 4) is 0 Å². The maximum Gasteiger partial charge on any atom is 0.313 e. The van der Waals surface area contributed by atoms with Crippen LogP contribution in [0.3, 0.4) is 0 Å². The molecular formula is C13H21N3O3S. The lowest BCUT2D eigenvalue weighted by molar-refractivity contribution is -0.133. The molecule has 7 heteroatoms. The average Bonchev–Trinajstić information content (AvgIpc) is 2.87. The summed E-state index contributed by atoms with van der Waals surface area (Å²) in [7, 11) is 0. The number of aliphatic hydroxyl groups excluding tert-OH is 1. The minimum atomic E-state index is -0.870. The molecule has 0 aliphatic heterocycles. The number of thioether (sulfide) groups is 1. The van der Waals surface area contributed by atoms with Crippen molar-refractivity contribution in [1.29, 1.82) is 0 Å². The summed E-state index contributed by atoms with van der Waals surface area (Å²) in [6.07, 6.45) is 5.70. The van der Waals surface area contributed by atoms with E-state index in [0.29, 0.717) is 16.9 Å². The van der Waals surface area contributed by atoms with Crippen molar-refractivity contribution in [2.45, 2.75) is 56.8 Å². The van der Waals surface area contributed by atoms with Crippen molar-refractivity contribution in [2.75, 3.05) is 5.75 Å². The van der Waals surface area contributed by atoms with Gasteiger partial charge in [-0.2, -0.15) is 0 Å². The molecule has 2 rings (SSSR count). The van der Waals surface area contributed by atoms with Crippen LogP contribution in [0.2, 0.25) is 0 Å². The van der Waals surface area contributed by atoms with Crippen LogP contribution in [-0.2, 0) is 11.4 Å². The Morgan fingerprint density at radius 1 is 1.40 bits per heavy atom. The summed E-state index contributed by atoms with van der Waals surface area (Å²) < 4.78 is 1.97. The maximum atomic E-state index is 10.7. The van der Waals surface area contributed by atoms with E-state index in [2.05, 4.69) is 17.1 Å². The van der Waals surface area contributed by atoms with E-state index >= 15 is 0 Å². The van der Waals surface area contributed by atoms with Gasteiger partial charge >= 0.3 is 5.97 Å². The van der Waals surface area contributed by atoms with Crippen molar-refractivity contribution in [3.63, 3.8) is 0 Å². The van der Waals surface area contributed by atoms with E-state index in [1.165, 1.54) is 24.6 Å². The molecular weight excluding hydrogens is 278 g/mol. The lowest BCUT2D eigenvalue weighted by atomic mass is 9.82. The second-order valence-electron chi connectivity index (χ2n) is 5.13. The second kappa shape index (κ2) is 7.08. The first-order valence-corrected chi connectivity index (χ1v) is 8.05. The van der Waals surface area contributed by atoms with Gasteiger partial charge < -0.3 is 14.8 Å². The monoisotopic (exact) mass is 299 g/mol. The van der Waals surface area contributed by atoms with Gasteiger partial charge in [0.25, 0.3) is 0 Å². The van der Waals surface area contributed by atoms with Crippen molar-refractivity contribution in [2.24, 2.45) is 5.92 Å². The number of carbonyl (C=O) groups is 1. The third-order valence-corrected chi connectivity index (χ3v) is 4.85. The smallest absolute Gasteiger partial charge is 0.313 e. The largest absolute Gasteiger partial charge is 0.481 e. The summed E-state index contributed by atoms with van der Waals surface area (Å²) in [6.45, 7) is 2.02. The predicted octanol–water partition coefficient (Wildman–Crippen LogP) is 2.09. The summed E-state index contributed by atoms with van der Waals surface area (Å²) in [5.41, 5.74) is 0. The zero-order valence-electron chi connectivity index (χ0n) is 11.7. The van der Waals surface area contributed by atoms with Crippen LogP contribution in [0.1, 0.15) is 50.9 Å². The molecule has 2 atom stereocenters. The summed E-state index contributed by atoms with van der Waals surface area (Å²) in [5, 5.41) is 26.9. The van der Waals surface area contributed by atoms with Gasteiger partial charge in [0, 0.05) is 6.04 Å². The number of carboxylic acid groups (broad SMARTS) is 1. The lowest BCUT2D eigenvalue weighted by Gasteiger charge is -2.33. The Morgan fingerprint density at radius 3 is 2.80 bits per heavy atom. The Hall–Kier alpha value is -1.08. The fourth-order valence-corrected chi connectivity index (χ4v) is 3.71. The SMILES string of the molecule is CCC1CCCCC1n1c(CO)nnc1SCC(=O)O. The van der Waals surface area contributed by atoms with Crippen molar-refractivity contribution in [3.05, 3.63) is 5.82 Å². The number of aromatic nitrogens is 3. The highest BCUT2D eigenvalue weighted by molar-refractivity contribution is 7.99. The normalized spacial score (nSPS) is 22.9. The van der Waals surface area contributed by atoms with Crippen LogP contribution in [-0.4, -0.2) is 36.7 Å². The van der Waals surface area contributed by atoms with E-state index < -0.39 is 5.97 Å². The van der Waals surface area contributed by atoms with E-state index in [1.54, 1.807) is 0 Å². The van der Waals surface area contributed by atoms with Crippen LogP contribution in [0.5, 0.6) is 0 Å². The molecule has 1 saturated carbocycles. The molecule has 1 aromatic heterocycles. The molecule has 20 heavy (non-hydrogen) atoms. The Labute approximate surface area is 122 Å². The van der Waals surface area contributed by atoms with Gasteiger partial charge in [0.15, 0.2) is 11.0 Å². The van der Waals surface area contributed by atoms with E-state index in [4.69, 9.17) is 5.11 Å². The van der Waals surface area contributed by atoms with E-state index in [9.17, 15) is 9.90 Å². The average molecular weight is 299 g/mol. The molecule has 1 heterocycles. The first-order chi connectivity index (χ1) is 9.67. The highest BCUT2D eigenvalue weighted by Crippen LogP contribution is 2.38. The second-order valence-corrected chi connectivity index (χ2v) is 6.07. The molecule has 0 amide bonds. The van der Waals surface area contributed by atoms with E-state index in [-0.39, 0.29) is 18.4 Å². The van der Waals surface area contributed by atoms with Crippen molar-refractivity contribution in [1.82, 2.24) is 14.8 Å². The van der Waals surface area contributed by atoms with Gasteiger partial charge in [-0.1, -0.05) is 37.9 Å². The number of hydrogen-bond donors (Lipinski definition) is 2. The molecule has 112 valence electrons. The van der Waals surface area contributed by atoms with Crippen LogP contribution in [0, 0.1) is 5.92 Å². The minimum Gasteiger partial charge on any atom is -0.481 e. The highest BCUT2D eigenvalue weighted by Gasteiger charge is 2.29. The Balaban J connectivity index is 2.26. The Bertz CT molecular complexity index is 464. The van der Waals surface area contributed by atoms with Gasteiger partial charge in [-0.15, -0.1) is 10.2 Å². The zero-order valence-corrected chi connectivity index (χ0v) is 12.5. The molecule has 2 unspecified atom stereocenters. The molecule has 0 bridgehead atoms. The quantitative estimate of drug-likeness (QED) is 0.782. The molecule has 1 fully saturated rings. The third-order valence-electron chi connectivity index (χ3n) is 3.93. The van der Waals surface area contributed by atoms with Crippen LogP contribution in [0.25, 0.3) is 0 Å². The zero-order chi connectivity index (χ0) is 14.5. The van der Waals surface area contributed by atoms with Crippen LogP contribution in [0.4, 0.5) is 0 Å². The number of hydrogen-bond acceptors (Lipinski definition) is 5. The van der Waals surface area contributed by atoms with E-state index in [1.807, 2.05) is 4.57 Å². The number of rotatable bonds is 6. The minimum absolute atomic E-state index is 0.0346. The summed E-state index contributed by atoms with van der Waals surface area (Å²) in [5.74, 6) is 0.191. The molecule has 1 aliphatic carbocycles. The van der Waals surface area contributed by atoms with Gasteiger partial charge in [-0.05, 0) is 18.8 Å². The molecule has 0 radical (unpaired) electrons. The molecule has 1 aliphatic rings. The van der Waals surface area contributed by atoms with Crippen LogP contribution >= 0.6 is 11.8 Å². The molecule has 6 nitrogen and oxygen atoms in total. The van der Waals surface area contributed by atoms with Gasteiger partial charge in [-0.3, -0.25) is 4.79 Å². The topological polar surface area (TPSA) is 88.2 Å². The lowest BCUT2D eigenvalue weighted by Crippen LogP contribution is -2.25. The first kappa shape index (κ1) is 15.3. The Kier molecular flexibility index (Phi) is 5.42. The van der Waals surface area contributed by atoms with Crippen molar-refractivity contribution >= 4 is 17.7 Å². The first-order valence-electron chi connectivity index (χ1n) is 7.06.